The van der Waals surface area contributed by atoms with Gasteiger partial charge in [0.05, 0.1) is 5.69 Å². The van der Waals surface area contributed by atoms with Gasteiger partial charge in [0.25, 0.3) is 0 Å². The van der Waals surface area contributed by atoms with Crippen LogP contribution >= 0.6 is 0 Å². The van der Waals surface area contributed by atoms with Crippen LogP contribution in [0.1, 0.15) is 87.9 Å². The van der Waals surface area contributed by atoms with Crippen LogP contribution in [0.3, 0.4) is 0 Å². The normalized spacial score (nSPS) is 11.7. The summed E-state index contributed by atoms with van der Waals surface area (Å²) in [5.41, 5.74) is 11.4. The number of ether oxygens (including phenoxy) is 1. The Morgan fingerprint density at radius 1 is 0.755 bits per heavy atom. The minimum absolute atomic E-state index is 0. The first-order chi connectivity index (χ1) is 25.1. The average molecular weight is 882 g/mol. The molecule has 0 aliphatic carbocycles. The van der Waals surface area contributed by atoms with Crippen molar-refractivity contribution in [2.45, 2.75) is 93.4 Å². The number of aromatic nitrogens is 4. The zero-order chi connectivity index (χ0) is 36.4. The fraction of sp³-hybridized carbons (Fsp3) is 0.319. The molecule has 0 saturated heterocycles. The Balaban J connectivity index is 0.00000481. The second kappa shape index (κ2) is 16.3. The molecular weight excluding hydrogens is 832 g/mol. The van der Waals surface area contributed by atoms with Crippen molar-refractivity contribution in [3.05, 3.63) is 131 Å². The summed E-state index contributed by atoms with van der Waals surface area (Å²) in [5.74, 6) is 2.17. The van der Waals surface area contributed by atoms with E-state index in [1.165, 1.54) is 35.8 Å². The van der Waals surface area contributed by atoms with Gasteiger partial charge >= 0.3 is 21.1 Å². The van der Waals surface area contributed by atoms with Crippen molar-refractivity contribution >= 4 is 21.8 Å². The minimum atomic E-state index is 0. The molecular formula is C47H50N4OPt. The first kappa shape index (κ1) is 38.3. The van der Waals surface area contributed by atoms with Crippen molar-refractivity contribution < 1.29 is 25.8 Å². The first-order valence-electron chi connectivity index (χ1n) is 18.9. The predicted molar refractivity (Wildman–Crippen MR) is 215 cm³/mol. The van der Waals surface area contributed by atoms with Gasteiger partial charge in [-0.1, -0.05) is 101 Å². The van der Waals surface area contributed by atoms with Crippen LogP contribution in [0.15, 0.2) is 91.1 Å². The third kappa shape index (κ3) is 8.52. The SMILES string of the molecule is CCCCc1cc(Oc2[c-]c3c(cc2)c2cc(CCCCC(C)(C)C)ccc2n3-c2cc(C)ccn2)[c-]c(-n2nc(C)c(-c3ccccc3)c2C)c1.[Pt+2]. The molecule has 7 rings (SSSR count). The maximum atomic E-state index is 6.67. The maximum Gasteiger partial charge on any atom is 2.00 e. The quantitative estimate of drug-likeness (QED) is 0.0907. The Bertz CT molecular complexity index is 2350. The molecule has 5 nitrogen and oxygen atoms in total. The molecule has 0 bridgehead atoms. The molecule has 0 N–H and O–H groups in total. The van der Waals surface area contributed by atoms with E-state index < -0.39 is 0 Å². The van der Waals surface area contributed by atoms with Gasteiger partial charge in [-0.05, 0) is 91.4 Å². The number of fused-ring (bicyclic) bond motifs is 3. The van der Waals surface area contributed by atoms with Crippen LogP contribution < -0.4 is 4.74 Å². The monoisotopic (exact) mass is 881 g/mol. The van der Waals surface area contributed by atoms with Crippen LogP contribution in [-0.2, 0) is 33.9 Å². The first-order valence-corrected chi connectivity index (χ1v) is 18.9. The third-order valence-corrected chi connectivity index (χ3v) is 10.00. The largest absolute Gasteiger partial charge is 2.00 e. The molecule has 53 heavy (non-hydrogen) atoms. The molecule has 0 aliphatic heterocycles. The molecule has 3 aromatic heterocycles. The molecule has 0 atom stereocenters. The summed E-state index contributed by atoms with van der Waals surface area (Å²) in [5, 5.41) is 7.35. The maximum absolute atomic E-state index is 6.67. The van der Waals surface area contributed by atoms with Crippen LogP contribution in [0.4, 0.5) is 0 Å². The molecule has 0 radical (unpaired) electrons. The average Bonchev–Trinajstić information content (AvgIpc) is 3.61. The van der Waals surface area contributed by atoms with Gasteiger partial charge < -0.3 is 9.30 Å². The van der Waals surface area contributed by atoms with Crippen LogP contribution in [0.25, 0.3) is 44.4 Å². The number of unbranched alkanes of at least 4 members (excludes halogenated alkanes) is 2. The Kier molecular flexibility index (Phi) is 11.7. The summed E-state index contributed by atoms with van der Waals surface area (Å²) < 4.78 is 10.9. The Hall–Kier alpha value is -4.47. The number of aryl methyl sites for hydroxylation is 4. The summed E-state index contributed by atoms with van der Waals surface area (Å²) in [6.45, 7) is 15.5. The van der Waals surface area contributed by atoms with E-state index in [9.17, 15) is 0 Å². The van der Waals surface area contributed by atoms with Crippen molar-refractivity contribution in [1.82, 2.24) is 19.3 Å². The molecule has 274 valence electrons. The van der Waals surface area contributed by atoms with Crippen LogP contribution in [0.2, 0.25) is 0 Å². The smallest absolute Gasteiger partial charge is 0.509 e. The summed E-state index contributed by atoms with van der Waals surface area (Å²) >= 11 is 0. The van der Waals surface area contributed by atoms with E-state index in [4.69, 9.17) is 14.8 Å². The van der Waals surface area contributed by atoms with Crippen LogP contribution in [0.5, 0.6) is 11.5 Å². The number of nitrogens with zero attached hydrogens (tertiary/aromatic N) is 4. The van der Waals surface area contributed by atoms with Gasteiger partial charge in [-0.25, -0.2) is 4.98 Å². The van der Waals surface area contributed by atoms with Crippen molar-refractivity contribution in [3.8, 4) is 34.1 Å². The molecule has 6 heteroatoms. The fourth-order valence-corrected chi connectivity index (χ4v) is 7.35. The van der Waals surface area contributed by atoms with E-state index in [1.54, 1.807) is 0 Å². The van der Waals surface area contributed by atoms with E-state index >= 15 is 0 Å². The van der Waals surface area contributed by atoms with Crippen LogP contribution in [0, 0.1) is 38.3 Å². The predicted octanol–water partition coefficient (Wildman–Crippen LogP) is 12.4. The molecule has 4 aromatic carbocycles. The van der Waals surface area contributed by atoms with E-state index in [1.807, 2.05) is 29.1 Å². The van der Waals surface area contributed by atoms with Gasteiger partial charge in [0, 0.05) is 34.5 Å². The van der Waals surface area contributed by atoms with Gasteiger partial charge in [0.2, 0.25) is 0 Å². The van der Waals surface area contributed by atoms with Gasteiger partial charge in [-0.3, -0.25) is 4.68 Å². The molecule has 0 spiro atoms. The van der Waals surface area contributed by atoms with Gasteiger partial charge in [-0.15, -0.1) is 35.7 Å². The molecule has 7 aromatic rings. The zero-order valence-corrected chi connectivity index (χ0v) is 34.4. The second-order valence-corrected chi connectivity index (χ2v) is 15.5. The van der Waals surface area contributed by atoms with E-state index in [0.29, 0.717) is 16.9 Å². The fourth-order valence-electron chi connectivity index (χ4n) is 7.35. The molecule has 0 saturated carbocycles. The Morgan fingerprint density at radius 3 is 2.30 bits per heavy atom. The molecule has 0 fully saturated rings. The molecule has 3 heterocycles. The van der Waals surface area contributed by atoms with Crippen molar-refractivity contribution in [2.24, 2.45) is 5.41 Å². The van der Waals surface area contributed by atoms with Crippen molar-refractivity contribution in [2.75, 3.05) is 0 Å². The molecule has 0 unspecified atom stereocenters. The van der Waals surface area contributed by atoms with Gasteiger partial charge in [-0.2, -0.15) is 16.7 Å². The molecule has 0 amide bonds. The Labute approximate surface area is 329 Å². The van der Waals surface area contributed by atoms with E-state index in [0.717, 1.165) is 81.7 Å². The van der Waals surface area contributed by atoms with Gasteiger partial charge in [0.1, 0.15) is 5.82 Å². The van der Waals surface area contributed by atoms with E-state index in [2.05, 4.69) is 132 Å². The Morgan fingerprint density at radius 2 is 1.55 bits per heavy atom. The third-order valence-electron chi connectivity index (χ3n) is 10.00. The van der Waals surface area contributed by atoms with Crippen molar-refractivity contribution in [3.63, 3.8) is 0 Å². The second-order valence-electron chi connectivity index (χ2n) is 15.5. The number of pyridine rings is 1. The summed E-state index contributed by atoms with van der Waals surface area (Å²) in [6.07, 6.45) is 9.77. The zero-order valence-electron chi connectivity index (χ0n) is 32.1. The summed E-state index contributed by atoms with van der Waals surface area (Å²) in [6, 6.07) is 37.3. The number of rotatable bonds is 12. The van der Waals surface area contributed by atoms with Crippen LogP contribution in [-0.4, -0.2) is 19.3 Å². The number of hydrogen-bond acceptors (Lipinski definition) is 3. The van der Waals surface area contributed by atoms with E-state index in [-0.39, 0.29) is 21.1 Å². The van der Waals surface area contributed by atoms with Gasteiger partial charge in [0.15, 0.2) is 0 Å². The van der Waals surface area contributed by atoms with Crippen molar-refractivity contribution in [1.29, 1.82) is 0 Å². The molecule has 0 aliphatic rings. The topological polar surface area (TPSA) is 44.9 Å². The summed E-state index contributed by atoms with van der Waals surface area (Å²) in [4.78, 5) is 4.81. The minimum Gasteiger partial charge on any atom is -0.509 e. The number of hydrogen-bond donors (Lipinski definition) is 0. The summed E-state index contributed by atoms with van der Waals surface area (Å²) in [7, 11) is 0. The number of benzene rings is 4. The standard InChI is InChI=1S/C47H50N4O.Pt/c1-8-9-15-36-27-38(51-34(4)46(33(3)49-51)37-17-11-10-12-18-37)30-40(28-36)52-39-20-21-41-42-29-35(16-13-14-24-47(5,6)7)19-22-43(42)50(44(41)31-39)45-26-32(2)23-25-48-45;/h10-12,17-23,25-29H,8-9,13-16,24H2,1-7H3;/q-2;+2.